The number of aryl methyl sites for hydroxylation is 1. The molecule has 0 bridgehead atoms. The van der Waals surface area contributed by atoms with E-state index in [9.17, 15) is 0 Å². The molecule has 0 radical (unpaired) electrons. The van der Waals surface area contributed by atoms with Gasteiger partial charge in [0.1, 0.15) is 12.2 Å². The molecule has 0 amide bonds. The average Bonchev–Trinajstić information content (AvgIpc) is 2.91. The van der Waals surface area contributed by atoms with Gasteiger partial charge in [-0.25, -0.2) is 9.67 Å². The zero-order valence-electron chi connectivity index (χ0n) is 9.04. The molecular formula is C10H17ClN4. The molecule has 1 N–H and O–H groups in total. The van der Waals surface area contributed by atoms with Gasteiger partial charge in [-0.05, 0) is 19.3 Å². The van der Waals surface area contributed by atoms with Crippen LogP contribution in [0.25, 0.3) is 0 Å². The third kappa shape index (κ3) is 2.49. The number of rotatable bonds is 6. The number of alkyl halides is 1. The number of halogens is 1. The summed E-state index contributed by atoms with van der Waals surface area (Å²) in [7, 11) is 0. The van der Waals surface area contributed by atoms with E-state index >= 15 is 0 Å². The molecular weight excluding hydrogens is 212 g/mol. The first-order chi connectivity index (χ1) is 7.29. The molecule has 1 aromatic heterocycles. The average molecular weight is 229 g/mol. The lowest BCUT2D eigenvalue weighted by Crippen LogP contribution is -2.33. The topological polar surface area (TPSA) is 42.7 Å². The summed E-state index contributed by atoms with van der Waals surface area (Å²) >= 11 is 5.89. The minimum absolute atomic E-state index is 0.185. The summed E-state index contributed by atoms with van der Waals surface area (Å²) in [6.07, 6.45) is 5.06. The van der Waals surface area contributed by atoms with Gasteiger partial charge in [0.05, 0.1) is 6.54 Å². The van der Waals surface area contributed by atoms with Crippen LogP contribution in [0.3, 0.4) is 0 Å². The Morgan fingerprint density at radius 2 is 2.40 bits per heavy atom. The molecule has 5 heteroatoms. The standard InChI is InChI=1S/C10H17ClN4/c1-2-5-15-9(12-8-14-15)6-13-10(7-11)3-4-10/h8,13H,2-7H2,1H3. The van der Waals surface area contributed by atoms with Crippen LogP contribution >= 0.6 is 11.6 Å². The second kappa shape index (κ2) is 4.49. The molecule has 2 rings (SSSR count). The van der Waals surface area contributed by atoms with E-state index in [-0.39, 0.29) is 5.54 Å². The van der Waals surface area contributed by atoms with E-state index in [1.165, 1.54) is 12.8 Å². The Labute approximate surface area is 95.0 Å². The van der Waals surface area contributed by atoms with Crippen LogP contribution in [0.15, 0.2) is 6.33 Å². The minimum atomic E-state index is 0.185. The Morgan fingerprint density at radius 3 is 3.00 bits per heavy atom. The normalized spacial score (nSPS) is 18.0. The highest BCUT2D eigenvalue weighted by Gasteiger charge is 2.41. The lowest BCUT2D eigenvalue weighted by molar-refractivity contribution is 0.493. The van der Waals surface area contributed by atoms with Crippen molar-refractivity contribution < 1.29 is 0 Å². The quantitative estimate of drug-likeness (QED) is 0.752. The van der Waals surface area contributed by atoms with E-state index in [1.807, 2.05) is 4.68 Å². The highest BCUT2D eigenvalue weighted by Crippen LogP contribution is 2.36. The van der Waals surface area contributed by atoms with E-state index in [1.54, 1.807) is 6.33 Å². The summed E-state index contributed by atoms with van der Waals surface area (Å²) in [4.78, 5) is 4.25. The van der Waals surface area contributed by atoms with Crippen molar-refractivity contribution in [3.05, 3.63) is 12.2 Å². The van der Waals surface area contributed by atoms with Crippen molar-refractivity contribution in [3.8, 4) is 0 Å². The van der Waals surface area contributed by atoms with E-state index in [4.69, 9.17) is 11.6 Å². The monoisotopic (exact) mass is 228 g/mol. The lowest BCUT2D eigenvalue weighted by Gasteiger charge is -2.13. The largest absolute Gasteiger partial charge is 0.303 e. The first kappa shape index (κ1) is 10.9. The third-order valence-electron chi connectivity index (χ3n) is 2.86. The van der Waals surface area contributed by atoms with E-state index in [0.29, 0.717) is 5.88 Å². The molecule has 4 nitrogen and oxygen atoms in total. The predicted octanol–water partition coefficient (Wildman–Crippen LogP) is 1.55. The molecule has 0 aromatic carbocycles. The van der Waals surface area contributed by atoms with Gasteiger partial charge in [0.2, 0.25) is 0 Å². The van der Waals surface area contributed by atoms with Gasteiger partial charge < -0.3 is 5.32 Å². The van der Waals surface area contributed by atoms with Crippen LogP contribution in [0, 0.1) is 0 Å². The first-order valence-corrected chi connectivity index (χ1v) is 6.01. The molecule has 0 atom stereocenters. The highest BCUT2D eigenvalue weighted by molar-refractivity contribution is 6.18. The van der Waals surface area contributed by atoms with Gasteiger partial charge >= 0.3 is 0 Å². The molecule has 1 saturated carbocycles. The van der Waals surface area contributed by atoms with Gasteiger partial charge in [0.25, 0.3) is 0 Å². The van der Waals surface area contributed by atoms with Crippen molar-refractivity contribution in [3.63, 3.8) is 0 Å². The van der Waals surface area contributed by atoms with E-state index < -0.39 is 0 Å². The van der Waals surface area contributed by atoms with Crippen LogP contribution in [0.5, 0.6) is 0 Å². The number of hydrogen-bond acceptors (Lipinski definition) is 3. The Morgan fingerprint density at radius 1 is 1.60 bits per heavy atom. The Hall–Kier alpha value is -0.610. The number of nitrogens with zero attached hydrogens (tertiary/aromatic N) is 3. The fourth-order valence-corrected chi connectivity index (χ4v) is 1.96. The number of nitrogens with one attached hydrogen (secondary N) is 1. The maximum Gasteiger partial charge on any atom is 0.140 e. The Kier molecular flexibility index (Phi) is 3.26. The van der Waals surface area contributed by atoms with Gasteiger partial charge in [-0.3, -0.25) is 0 Å². The maximum atomic E-state index is 5.89. The fraction of sp³-hybridized carbons (Fsp3) is 0.800. The van der Waals surface area contributed by atoms with E-state index in [0.717, 1.165) is 25.3 Å². The van der Waals surface area contributed by atoms with Crippen molar-refractivity contribution in [2.75, 3.05) is 5.88 Å². The zero-order valence-corrected chi connectivity index (χ0v) is 9.80. The van der Waals surface area contributed by atoms with Gasteiger partial charge in [-0.2, -0.15) is 5.10 Å². The van der Waals surface area contributed by atoms with Gasteiger partial charge in [-0.1, -0.05) is 6.92 Å². The first-order valence-electron chi connectivity index (χ1n) is 5.47. The highest BCUT2D eigenvalue weighted by atomic mass is 35.5. The molecule has 1 aliphatic carbocycles. The van der Waals surface area contributed by atoms with Crippen LogP contribution in [0.2, 0.25) is 0 Å². The minimum Gasteiger partial charge on any atom is -0.303 e. The van der Waals surface area contributed by atoms with Crippen LogP contribution in [0.1, 0.15) is 32.0 Å². The fourth-order valence-electron chi connectivity index (χ4n) is 1.60. The zero-order chi connectivity index (χ0) is 10.7. The second-order valence-electron chi connectivity index (χ2n) is 4.17. The SMILES string of the molecule is CCCn1ncnc1CNC1(CCl)CC1. The summed E-state index contributed by atoms with van der Waals surface area (Å²) in [5, 5.41) is 7.65. The predicted molar refractivity (Wildman–Crippen MR) is 59.8 cm³/mol. The smallest absolute Gasteiger partial charge is 0.140 e. The van der Waals surface area contributed by atoms with Gasteiger partial charge in [0, 0.05) is 18.0 Å². The van der Waals surface area contributed by atoms with Crippen molar-refractivity contribution in [1.29, 1.82) is 0 Å². The molecule has 0 saturated heterocycles. The summed E-state index contributed by atoms with van der Waals surface area (Å²) in [5.74, 6) is 1.70. The summed E-state index contributed by atoms with van der Waals surface area (Å²) < 4.78 is 1.96. The van der Waals surface area contributed by atoms with Gasteiger partial charge in [-0.15, -0.1) is 11.6 Å². The van der Waals surface area contributed by atoms with Crippen LogP contribution in [-0.4, -0.2) is 26.2 Å². The van der Waals surface area contributed by atoms with Crippen molar-refractivity contribution in [2.45, 2.75) is 44.8 Å². The van der Waals surface area contributed by atoms with E-state index in [2.05, 4.69) is 22.3 Å². The molecule has 0 aliphatic heterocycles. The van der Waals surface area contributed by atoms with Crippen molar-refractivity contribution in [2.24, 2.45) is 0 Å². The Bertz CT molecular complexity index is 319. The molecule has 0 unspecified atom stereocenters. The second-order valence-corrected chi connectivity index (χ2v) is 4.43. The molecule has 15 heavy (non-hydrogen) atoms. The molecule has 1 heterocycles. The lowest BCUT2D eigenvalue weighted by atomic mass is 10.3. The summed E-state index contributed by atoms with van der Waals surface area (Å²) in [5.41, 5.74) is 0.185. The maximum absolute atomic E-state index is 5.89. The van der Waals surface area contributed by atoms with Crippen LogP contribution < -0.4 is 5.32 Å². The van der Waals surface area contributed by atoms with Crippen molar-refractivity contribution in [1.82, 2.24) is 20.1 Å². The Balaban J connectivity index is 1.90. The molecule has 1 fully saturated rings. The van der Waals surface area contributed by atoms with Crippen LogP contribution in [-0.2, 0) is 13.1 Å². The van der Waals surface area contributed by atoms with Gasteiger partial charge in [0.15, 0.2) is 0 Å². The molecule has 84 valence electrons. The molecule has 1 aliphatic rings. The number of hydrogen-bond donors (Lipinski definition) is 1. The summed E-state index contributed by atoms with van der Waals surface area (Å²) in [6, 6.07) is 0. The van der Waals surface area contributed by atoms with Crippen molar-refractivity contribution >= 4 is 11.6 Å². The number of aromatic nitrogens is 3. The molecule has 0 spiro atoms. The third-order valence-corrected chi connectivity index (χ3v) is 3.37. The summed E-state index contributed by atoms with van der Waals surface area (Å²) in [6.45, 7) is 3.84. The van der Waals surface area contributed by atoms with Crippen LogP contribution in [0.4, 0.5) is 0 Å². The molecule has 1 aromatic rings.